The van der Waals surface area contributed by atoms with Crippen LogP contribution in [0.5, 0.6) is 17.2 Å². The number of benzene rings is 2. The summed E-state index contributed by atoms with van der Waals surface area (Å²) in [7, 11) is 0. The summed E-state index contributed by atoms with van der Waals surface area (Å²) in [6.45, 7) is 0. The Kier molecular flexibility index (Phi) is 3.95. The molecule has 6 nitrogen and oxygen atoms in total. The van der Waals surface area contributed by atoms with Gasteiger partial charge >= 0.3 is 0 Å². The van der Waals surface area contributed by atoms with Crippen LogP contribution in [0.2, 0.25) is 0 Å². The van der Waals surface area contributed by atoms with Gasteiger partial charge in [-0.2, -0.15) is 10.2 Å². The number of rotatable bonds is 3. The van der Waals surface area contributed by atoms with Gasteiger partial charge in [0.05, 0.1) is 17.8 Å². The minimum absolute atomic E-state index is 0.0565. The first-order valence-corrected chi connectivity index (χ1v) is 6.82. The predicted molar refractivity (Wildman–Crippen MR) is 82.7 cm³/mol. The summed E-state index contributed by atoms with van der Waals surface area (Å²) < 4.78 is 26.5. The second-order valence-corrected chi connectivity index (χ2v) is 5.00. The van der Waals surface area contributed by atoms with E-state index in [1.165, 1.54) is 24.7 Å². The van der Waals surface area contributed by atoms with Crippen molar-refractivity contribution in [3.63, 3.8) is 0 Å². The lowest BCUT2D eigenvalue weighted by molar-refractivity contribution is 0.395. The van der Waals surface area contributed by atoms with E-state index in [-0.39, 0.29) is 34.6 Å². The maximum atomic E-state index is 13.3. The van der Waals surface area contributed by atoms with Crippen molar-refractivity contribution in [3.8, 4) is 17.2 Å². The van der Waals surface area contributed by atoms with Crippen molar-refractivity contribution in [2.75, 3.05) is 0 Å². The van der Waals surface area contributed by atoms with Gasteiger partial charge in [0.25, 0.3) is 0 Å². The van der Waals surface area contributed by atoms with Crippen LogP contribution in [0.1, 0.15) is 5.56 Å². The van der Waals surface area contributed by atoms with Crippen LogP contribution in [0.4, 0.5) is 14.5 Å². The zero-order valence-electron chi connectivity index (χ0n) is 12.1. The summed E-state index contributed by atoms with van der Waals surface area (Å²) in [5, 5.41) is 37.0. The van der Waals surface area contributed by atoms with Crippen LogP contribution in [0, 0.1) is 11.6 Å². The number of aromatic hydroxyl groups is 3. The summed E-state index contributed by atoms with van der Waals surface area (Å²) in [6.07, 6.45) is 3.97. The summed E-state index contributed by atoms with van der Waals surface area (Å²) in [4.78, 5) is 4.00. The molecule has 0 unspecified atom stereocenters. The largest absolute Gasteiger partial charge is 0.507 e. The number of phenols is 3. The molecule has 0 bridgehead atoms. The van der Waals surface area contributed by atoms with Gasteiger partial charge in [-0.3, -0.25) is 4.99 Å². The molecule has 3 rings (SSSR count). The van der Waals surface area contributed by atoms with Crippen LogP contribution in [0.25, 0.3) is 10.8 Å². The van der Waals surface area contributed by atoms with Gasteiger partial charge in [0.15, 0.2) is 23.1 Å². The molecular weight excluding hydrogens is 320 g/mol. The van der Waals surface area contributed by atoms with Gasteiger partial charge in [-0.15, -0.1) is 0 Å². The van der Waals surface area contributed by atoms with Crippen molar-refractivity contribution in [3.05, 3.63) is 47.8 Å². The lowest BCUT2D eigenvalue weighted by atomic mass is 10.1. The summed E-state index contributed by atoms with van der Waals surface area (Å²) in [5.74, 6) is -3.50. The molecule has 0 atom stereocenters. The molecule has 0 aliphatic heterocycles. The van der Waals surface area contributed by atoms with Crippen molar-refractivity contribution < 1.29 is 24.1 Å². The molecule has 3 aromatic rings. The van der Waals surface area contributed by atoms with E-state index in [0.717, 1.165) is 12.1 Å². The standard InChI is InChI=1S/C16H11F2N3O3/c17-11-3-8(4-12(18)16(11)24)1-2-19-13-5-14(22)9-6-20-21-7-10(9)15(13)23/h2-7,22-24H,1H2. The van der Waals surface area contributed by atoms with E-state index < -0.39 is 17.4 Å². The first-order chi connectivity index (χ1) is 11.5. The number of halogens is 2. The third-order valence-electron chi connectivity index (χ3n) is 3.41. The highest BCUT2D eigenvalue weighted by molar-refractivity contribution is 5.96. The smallest absolute Gasteiger partial charge is 0.187 e. The lowest BCUT2D eigenvalue weighted by Crippen LogP contribution is -1.91. The highest BCUT2D eigenvalue weighted by Crippen LogP contribution is 2.39. The van der Waals surface area contributed by atoms with Crippen molar-refractivity contribution in [1.82, 2.24) is 10.2 Å². The Balaban J connectivity index is 1.90. The van der Waals surface area contributed by atoms with E-state index >= 15 is 0 Å². The Labute approximate surface area is 134 Å². The molecule has 2 aromatic carbocycles. The number of aromatic nitrogens is 2. The molecule has 0 radical (unpaired) electrons. The van der Waals surface area contributed by atoms with Crippen LogP contribution < -0.4 is 0 Å². The number of hydrogen-bond acceptors (Lipinski definition) is 6. The molecule has 0 amide bonds. The molecule has 8 heteroatoms. The third-order valence-corrected chi connectivity index (χ3v) is 3.41. The first-order valence-electron chi connectivity index (χ1n) is 6.82. The van der Waals surface area contributed by atoms with E-state index in [1.54, 1.807) is 0 Å². The van der Waals surface area contributed by atoms with Gasteiger partial charge in [0.2, 0.25) is 0 Å². The molecular formula is C16H11F2N3O3. The average molecular weight is 331 g/mol. The van der Waals surface area contributed by atoms with Gasteiger partial charge in [-0.25, -0.2) is 8.78 Å². The van der Waals surface area contributed by atoms with Crippen LogP contribution in [-0.4, -0.2) is 31.7 Å². The predicted octanol–water partition coefficient (Wildman–Crippen LogP) is 2.97. The summed E-state index contributed by atoms with van der Waals surface area (Å²) in [5.41, 5.74) is 0.328. The molecule has 0 aliphatic rings. The topological polar surface area (TPSA) is 98.8 Å². The maximum Gasteiger partial charge on any atom is 0.187 e. The Morgan fingerprint density at radius 1 is 0.917 bits per heavy atom. The monoisotopic (exact) mass is 331 g/mol. The van der Waals surface area contributed by atoms with E-state index in [0.29, 0.717) is 5.39 Å². The number of fused-ring (bicyclic) bond motifs is 1. The Bertz CT molecular complexity index is 938. The van der Waals surface area contributed by atoms with E-state index in [2.05, 4.69) is 15.2 Å². The molecule has 0 saturated carbocycles. The van der Waals surface area contributed by atoms with Gasteiger partial charge in [0.1, 0.15) is 11.4 Å². The van der Waals surface area contributed by atoms with E-state index in [4.69, 9.17) is 5.11 Å². The fourth-order valence-electron chi connectivity index (χ4n) is 2.21. The van der Waals surface area contributed by atoms with Gasteiger partial charge in [-0.1, -0.05) is 0 Å². The quantitative estimate of drug-likeness (QED) is 0.506. The highest BCUT2D eigenvalue weighted by atomic mass is 19.1. The molecule has 0 spiro atoms. The summed E-state index contributed by atoms with van der Waals surface area (Å²) in [6, 6.07) is 3.21. The molecule has 1 aromatic heterocycles. The first kappa shape index (κ1) is 15.6. The van der Waals surface area contributed by atoms with Gasteiger partial charge in [0, 0.05) is 24.1 Å². The van der Waals surface area contributed by atoms with E-state index in [1.807, 2.05) is 0 Å². The van der Waals surface area contributed by atoms with E-state index in [9.17, 15) is 19.0 Å². The molecule has 24 heavy (non-hydrogen) atoms. The van der Waals surface area contributed by atoms with Crippen molar-refractivity contribution in [2.45, 2.75) is 6.42 Å². The highest BCUT2D eigenvalue weighted by Gasteiger charge is 2.11. The molecule has 3 N–H and O–H groups in total. The fraction of sp³-hybridized carbons (Fsp3) is 0.0625. The second kappa shape index (κ2) is 6.07. The van der Waals surface area contributed by atoms with Crippen molar-refractivity contribution in [2.24, 2.45) is 4.99 Å². The molecule has 0 fully saturated rings. The number of nitrogens with zero attached hydrogens (tertiary/aromatic N) is 3. The van der Waals surface area contributed by atoms with Crippen molar-refractivity contribution in [1.29, 1.82) is 0 Å². The number of phenolic OH excluding ortho intramolecular Hbond substituents is 3. The number of aliphatic imine (C=N–C) groups is 1. The molecule has 122 valence electrons. The maximum absolute atomic E-state index is 13.3. The Morgan fingerprint density at radius 2 is 1.54 bits per heavy atom. The minimum atomic E-state index is -1.07. The van der Waals surface area contributed by atoms with Gasteiger partial charge in [-0.05, 0) is 17.7 Å². The molecule has 0 saturated heterocycles. The summed E-state index contributed by atoms with van der Waals surface area (Å²) >= 11 is 0. The third kappa shape index (κ3) is 2.81. The second-order valence-electron chi connectivity index (χ2n) is 5.00. The van der Waals surface area contributed by atoms with Crippen LogP contribution in [0.3, 0.4) is 0 Å². The Hall–Kier alpha value is -3.29. The lowest BCUT2D eigenvalue weighted by Gasteiger charge is -2.05. The molecule has 0 aliphatic carbocycles. The number of hydrogen-bond donors (Lipinski definition) is 3. The normalized spacial score (nSPS) is 11.4. The SMILES string of the molecule is Oc1c(F)cc(CC=Nc2cc(O)c3cnncc3c2O)cc1F. The van der Waals surface area contributed by atoms with Crippen LogP contribution >= 0.6 is 0 Å². The van der Waals surface area contributed by atoms with Crippen LogP contribution in [-0.2, 0) is 6.42 Å². The minimum Gasteiger partial charge on any atom is -0.507 e. The zero-order valence-corrected chi connectivity index (χ0v) is 12.1. The van der Waals surface area contributed by atoms with Crippen molar-refractivity contribution >= 4 is 22.7 Å². The fourth-order valence-corrected chi connectivity index (χ4v) is 2.21. The Morgan fingerprint density at radius 3 is 2.21 bits per heavy atom. The van der Waals surface area contributed by atoms with Crippen LogP contribution in [0.15, 0.2) is 35.6 Å². The molecule has 1 heterocycles. The van der Waals surface area contributed by atoms with Gasteiger partial charge < -0.3 is 15.3 Å². The zero-order chi connectivity index (χ0) is 17.3. The average Bonchev–Trinajstić information content (AvgIpc) is 2.57.